The van der Waals surface area contributed by atoms with E-state index in [1.165, 1.54) is 0 Å². The van der Waals surface area contributed by atoms with Crippen molar-refractivity contribution in [3.63, 3.8) is 0 Å². The average molecular weight is 353 g/mol. The summed E-state index contributed by atoms with van der Waals surface area (Å²) in [6.07, 6.45) is 1.22. The molecule has 0 unspecified atom stereocenters. The van der Waals surface area contributed by atoms with Crippen molar-refractivity contribution >= 4 is 31.6 Å². The van der Waals surface area contributed by atoms with Gasteiger partial charge in [-0.2, -0.15) is 4.31 Å². The molecule has 8 heteroatoms. The summed E-state index contributed by atoms with van der Waals surface area (Å²) in [5.41, 5.74) is 5.76. The van der Waals surface area contributed by atoms with Gasteiger partial charge in [0, 0.05) is 22.7 Å². The number of nitrogens with zero attached hydrogens (tertiary/aromatic N) is 1. The average Bonchev–Trinajstić information content (AvgIpc) is 2.82. The van der Waals surface area contributed by atoms with E-state index in [4.69, 9.17) is 5.73 Å². The SMILES string of the molecule is Nc1cc(S(=O)(=O)N2CCC[C@H]2CO)c(F)cc1Br. The molecule has 0 saturated carbocycles. The fourth-order valence-corrected chi connectivity index (χ4v) is 4.26. The van der Waals surface area contributed by atoms with Crippen LogP contribution in [-0.2, 0) is 10.0 Å². The van der Waals surface area contributed by atoms with E-state index in [1.807, 2.05) is 0 Å². The van der Waals surface area contributed by atoms with Crippen LogP contribution < -0.4 is 5.73 Å². The Bertz CT molecular complexity index is 594. The predicted molar refractivity (Wildman–Crippen MR) is 72.5 cm³/mol. The van der Waals surface area contributed by atoms with Crippen molar-refractivity contribution in [2.75, 3.05) is 18.9 Å². The molecule has 1 fully saturated rings. The normalized spacial score (nSPS) is 20.9. The summed E-state index contributed by atoms with van der Waals surface area (Å²) in [7, 11) is -3.97. The van der Waals surface area contributed by atoms with Crippen LogP contribution in [0.25, 0.3) is 0 Å². The lowest BCUT2D eigenvalue weighted by molar-refractivity contribution is 0.213. The van der Waals surface area contributed by atoms with Crippen LogP contribution in [0, 0.1) is 5.82 Å². The first kappa shape index (κ1) is 14.7. The van der Waals surface area contributed by atoms with E-state index in [1.54, 1.807) is 0 Å². The molecule has 1 heterocycles. The minimum absolute atomic E-state index is 0.153. The lowest BCUT2D eigenvalue weighted by Crippen LogP contribution is -2.38. The topological polar surface area (TPSA) is 83.6 Å². The van der Waals surface area contributed by atoms with Crippen LogP contribution in [0.5, 0.6) is 0 Å². The first-order valence-electron chi connectivity index (χ1n) is 5.75. The van der Waals surface area contributed by atoms with Gasteiger partial charge in [0.05, 0.1) is 6.61 Å². The van der Waals surface area contributed by atoms with E-state index >= 15 is 0 Å². The van der Waals surface area contributed by atoms with Crippen molar-refractivity contribution in [2.24, 2.45) is 0 Å². The fourth-order valence-electron chi connectivity index (χ4n) is 2.18. The second-order valence-corrected chi connectivity index (χ2v) is 7.11. The summed E-state index contributed by atoms with van der Waals surface area (Å²) < 4.78 is 40.1. The lowest BCUT2D eigenvalue weighted by atomic mass is 10.2. The molecular weight excluding hydrogens is 339 g/mol. The van der Waals surface area contributed by atoms with E-state index in [0.29, 0.717) is 17.3 Å². The molecule has 1 aliphatic heterocycles. The van der Waals surface area contributed by atoms with Gasteiger partial charge in [0.1, 0.15) is 10.7 Å². The summed E-state index contributed by atoms with van der Waals surface area (Å²) in [6, 6.07) is 1.64. The highest BCUT2D eigenvalue weighted by Crippen LogP contribution is 2.31. The minimum Gasteiger partial charge on any atom is -0.398 e. The third kappa shape index (κ3) is 2.62. The summed E-state index contributed by atoms with van der Waals surface area (Å²) in [6.45, 7) is 0.00975. The van der Waals surface area contributed by atoms with Crippen LogP contribution >= 0.6 is 15.9 Å². The number of aliphatic hydroxyl groups is 1. The number of anilines is 1. The van der Waals surface area contributed by atoms with Gasteiger partial charge in [0.2, 0.25) is 10.0 Å². The quantitative estimate of drug-likeness (QED) is 0.803. The molecular formula is C11H14BrFN2O3S. The highest BCUT2D eigenvalue weighted by molar-refractivity contribution is 9.10. The summed E-state index contributed by atoms with van der Waals surface area (Å²) >= 11 is 3.04. The smallest absolute Gasteiger partial charge is 0.246 e. The lowest BCUT2D eigenvalue weighted by Gasteiger charge is -2.22. The van der Waals surface area contributed by atoms with Gasteiger partial charge in [-0.1, -0.05) is 0 Å². The molecule has 5 nitrogen and oxygen atoms in total. The molecule has 0 radical (unpaired) electrons. The maximum atomic E-state index is 13.9. The van der Waals surface area contributed by atoms with Gasteiger partial charge in [-0.25, -0.2) is 12.8 Å². The molecule has 1 saturated heterocycles. The van der Waals surface area contributed by atoms with Crippen molar-refractivity contribution in [3.8, 4) is 0 Å². The number of hydrogen-bond acceptors (Lipinski definition) is 4. The van der Waals surface area contributed by atoms with E-state index in [2.05, 4.69) is 15.9 Å². The van der Waals surface area contributed by atoms with Crippen molar-refractivity contribution in [1.82, 2.24) is 4.31 Å². The third-order valence-corrected chi connectivity index (χ3v) is 5.83. The number of rotatable bonds is 3. The van der Waals surface area contributed by atoms with Gasteiger partial charge in [0.15, 0.2) is 0 Å². The molecule has 0 bridgehead atoms. The molecule has 0 aromatic heterocycles. The van der Waals surface area contributed by atoms with Crippen molar-refractivity contribution in [3.05, 3.63) is 22.4 Å². The molecule has 1 aromatic carbocycles. The predicted octanol–water partition coefficient (Wildman–Crippen LogP) is 1.32. The Balaban J connectivity index is 2.48. The molecule has 1 atom stereocenters. The van der Waals surface area contributed by atoms with Crippen LogP contribution in [0.2, 0.25) is 0 Å². The molecule has 0 amide bonds. The van der Waals surface area contributed by atoms with E-state index < -0.39 is 26.8 Å². The van der Waals surface area contributed by atoms with Gasteiger partial charge in [-0.15, -0.1) is 0 Å². The number of aliphatic hydroxyl groups excluding tert-OH is 1. The Morgan fingerprint density at radius 3 is 2.84 bits per heavy atom. The van der Waals surface area contributed by atoms with Crippen molar-refractivity contribution in [1.29, 1.82) is 0 Å². The number of sulfonamides is 1. The Morgan fingerprint density at radius 2 is 2.21 bits per heavy atom. The zero-order valence-corrected chi connectivity index (χ0v) is 12.4. The Labute approximate surface area is 119 Å². The fraction of sp³-hybridized carbons (Fsp3) is 0.455. The van der Waals surface area contributed by atoms with Gasteiger partial charge in [-0.3, -0.25) is 0 Å². The summed E-state index contributed by atoms with van der Waals surface area (Å²) in [4.78, 5) is -0.450. The van der Waals surface area contributed by atoms with Gasteiger partial charge in [0.25, 0.3) is 0 Å². The Hall–Kier alpha value is -0.700. The Kier molecular flexibility index (Phi) is 4.14. The standard InChI is InChI=1S/C11H14BrFN2O3S/c12-8-4-9(13)11(5-10(8)14)19(17,18)15-3-1-2-7(15)6-16/h4-5,7,16H,1-3,6,14H2/t7-/m0/s1. The van der Waals surface area contributed by atoms with E-state index in [-0.39, 0.29) is 18.8 Å². The molecule has 106 valence electrons. The molecule has 1 aromatic rings. The maximum absolute atomic E-state index is 13.9. The minimum atomic E-state index is -3.97. The zero-order chi connectivity index (χ0) is 14.2. The van der Waals surface area contributed by atoms with Gasteiger partial charge >= 0.3 is 0 Å². The van der Waals surface area contributed by atoms with E-state index in [9.17, 15) is 17.9 Å². The number of hydrogen-bond donors (Lipinski definition) is 2. The molecule has 0 aliphatic carbocycles. The third-order valence-electron chi connectivity index (χ3n) is 3.17. The van der Waals surface area contributed by atoms with E-state index in [0.717, 1.165) is 16.4 Å². The van der Waals surface area contributed by atoms with Crippen LogP contribution in [-0.4, -0.2) is 37.0 Å². The second kappa shape index (κ2) is 5.35. The van der Waals surface area contributed by atoms with Gasteiger partial charge < -0.3 is 10.8 Å². The monoisotopic (exact) mass is 352 g/mol. The van der Waals surface area contributed by atoms with Crippen LogP contribution in [0.15, 0.2) is 21.5 Å². The Morgan fingerprint density at radius 1 is 1.53 bits per heavy atom. The maximum Gasteiger partial charge on any atom is 0.246 e. The highest BCUT2D eigenvalue weighted by Gasteiger charge is 2.36. The highest BCUT2D eigenvalue weighted by atomic mass is 79.9. The first-order chi connectivity index (χ1) is 8.87. The first-order valence-corrected chi connectivity index (χ1v) is 7.98. The number of benzene rings is 1. The van der Waals surface area contributed by atoms with Crippen molar-refractivity contribution in [2.45, 2.75) is 23.8 Å². The molecule has 3 N–H and O–H groups in total. The summed E-state index contributed by atoms with van der Waals surface area (Å²) in [5, 5.41) is 9.18. The number of nitrogen functional groups attached to an aromatic ring is 1. The van der Waals surface area contributed by atoms with Gasteiger partial charge in [-0.05, 0) is 40.9 Å². The number of nitrogens with two attached hydrogens (primary N) is 1. The largest absolute Gasteiger partial charge is 0.398 e. The second-order valence-electron chi connectivity index (χ2n) is 4.40. The van der Waals surface area contributed by atoms with Crippen LogP contribution in [0.3, 0.4) is 0 Å². The molecule has 1 aliphatic rings. The van der Waals surface area contributed by atoms with Crippen molar-refractivity contribution < 1.29 is 17.9 Å². The number of halogens is 2. The molecule has 19 heavy (non-hydrogen) atoms. The van der Waals surface area contributed by atoms with Crippen LogP contribution in [0.4, 0.5) is 10.1 Å². The molecule has 2 rings (SSSR count). The zero-order valence-electron chi connectivity index (χ0n) is 10.0. The summed E-state index contributed by atoms with van der Waals surface area (Å²) in [5.74, 6) is -0.857. The molecule has 0 spiro atoms. The van der Waals surface area contributed by atoms with Crippen LogP contribution in [0.1, 0.15) is 12.8 Å².